The number of nitrogens with zero attached hydrogens (tertiary/aromatic N) is 1. The summed E-state index contributed by atoms with van der Waals surface area (Å²) in [6.07, 6.45) is 0. The average molecular weight is 251 g/mol. The zero-order valence-corrected chi connectivity index (χ0v) is 10.8. The Labute approximate surface area is 111 Å². The Balaban J connectivity index is 2.15. The summed E-state index contributed by atoms with van der Waals surface area (Å²) in [5.74, 6) is -0.0210. The number of ketones is 1. The molecule has 0 fully saturated rings. The van der Waals surface area contributed by atoms with Crippen molar-refractivity contribution < 1.29 is 9.59 Å². The first-order valence-corrected chi connectivity index (χ1v) is 6.12. The van der Waals surface area contributed by atoms with Gasteiger partial charge in [-0.15, -0.1) is 0 Å². The van der Waals surface area contributed by atoms with Crippen LogP contribution in [0, 0.1) is 0 Å². The van der Waals surface area contributed by atoms with E-state index in [0.29, 0.717) is 5.56 Å². The van der Waals surface area contributed by atoms with Crippen LogP contribution in [0.5, 0.6) is 0 Å². The standard InChI is InChI=1S/C16H13NO2/c1-10(18)17(2)11-7-8-13-12-5-3-4-6-14(12)16(19)15(13)9-11/h3-9H,1-2H3. The van der Waals surface area contributed by atoms with Gasteiger partial charge in [0, 0.05) is 30.8 Å². The van der Waals surface area contributed by atoms with Crippen LogP contribution in [0.2, 0.25) is 0 Å². The predicted octanol–water partition coefficient (Wildman–Crippen LogP) is 2.88. The molecule has 3 nitrogen and oxygen atoms in total. The number of fused-ring (bicyclic) bond motifs is 3. The molecule has 1 aliphatic carbocycles. The van der Waals surface area contributed by atoms with E-state index in [-0.39, 0.29) is 11.7 Å². The first-order chi connectivity index (χ1) is 9.09. The Kier molecular flexibility index (Phi) is 2.49. The Morgan fingerprint density at radius 3 is 2.26 bits per heavy atom. The number of amides is 1. The molecular weight excluding hydrogens is 238 g/mol. The molecule has 3 rings (SSSR count). The maximum absolute atomic E-state index is 12.3. The van der Waals surface area contributed by atoms with Gasteiger partial charge >= 0.3 is 0 Å². The fourth-order valence-corrected chi connectivity index (χ4v) is 2.41. The van der Waals surface area contributed by atoms with Crippen LogP contribution in [-0.4, -0.2) is 18.7 Å². The highest BCUT2D eigenvalue weighted by Crippen LogP contribution is 2.38. The molecule has 0 heterocycles. The van der Waals surface area contributed by atoms with Crippen LogP contribution in [0.25, 0.3) is 11.1 Å². The second kappa shape index (κ2) is 4.05. The van der Waals surface area contributed by atoms with Gasteiger partial charge in [0.1, 0.15) is 0 Å². The topological polar surface area (TPSA) is 37.4 Å². The third kappa shape index (κ3) is 1.66. The molecule has 1 aliphatic rings. The van der Waals surface area contributed by atoms with E-state index in [2.05, 4.69) is 0 Å². The minimum Gasteiger partial charge on any atom is -0.316 e. The fourth-order valence-electron chi connectivity index (χ4n) is 2.41. The first kappa shape index (κ1) is 11.7. The van der Waals surface area contributed by atoms with Crippen molar-refractivity contribution in [3.8, 4) is 11.1 Å². The van der Waals surface area contributed by atoms with Crippen LogP contribution in [-0.2, 0) is 4.79 Å². The smallest absolute Gasteiger partial charge is 0.223 e. The summed E-state index contributed by atoms with van der Waals surface area (Å²) in [7, 11) is 1.70. The van der Waals surface area contributed by atoms with Gasteiger partial charge in [0.2, 0.25) is 5.91 Å². The molecule has 0 aliphatic heterocycles. The number of hydrogen-bond donors (Lipinski definition) is 0. The van der Waals surface area contributed by atoms with Gasteiger partial charge in [0.05, 0.1) is 0 Å². The van der Waals surface area contributed by atoms with E-state index in [1.807, 2.05) is 36.4 Å². The normalized spacial score (nSPS) is 12.0. The lowest BCUT2D eigenvalue weighted by Gasteiger charge is -2.15. The molecule has 94 valence electrons. The highest BCUT2D eigenvalue weighted by atomic mass is 16.2. The lowest BCUT2D eigenvalue weighted by atomic mass is 10.1. The summed E-state index contributed by atoms with van der Waals surface area (Å²) < 4.78 is 0. The average Bonchev–Trinajstić information content (AvgIpc) is 2.72. The highest BCUT2D eigenvalue weighted by Gasteiger charge is 2.26. The van der Waals surface area contributed by atoms with Crippen LogP contribution in [0.15, 0.2) is 42.5 Å². The summed E-state index contributed by atoms with van der Waals surface area (Å²) >= 11 is 0. The maximum Gasteiger partial charge on any atom is 0.223 e. The second-order valence-corrected chi connectivity index (χ2v) is 4.68. The van der Waals surface area contributed by atoms with Crippen LogP contribution in [0.3, 0.4) is 0 Å². The largest absolute Gasteiger partial charge is 0.316 e. The van der Waals surface area contributed by atoms with E-state index < -0.39 is 0 Å². The molecule has 0 N–H and O–H groups in total. The molecule has 0 saturated carbocycles. The van der Waals surface area contributed by atoms with Gasteiger partial charge in [0.25, 0.3) is 0 Å². The number of carbonyl (C=O) groups is 2. The zero-order valence-electron chi connectivity index (χ0n) is 10.8. The molecule has 19 heavy (non-hydrogen) atoms. The molecule has 3 heteroatoms. The predicted molar refractivity (Wildman–Crippen MR) is 74.4 cm³/mol. The van der Waals surface area contributed by atoms with E-state index >= 15 is 0 Å². The minimum absolute atomic E-state index is 0.0319. The summed E-state index contributed by atoms with van der Waals surface area (Å²) in [5.41, 5.74) is 4.07. The molecule has 0 aromatic heterocycles. The summed E-state index contributed by atoms with van der Waals surface area (Å²) in [5, 5.41) is 0. The summed E-state index contributed by atoms with van der Waals surface area (Å²) in [4.78, 5) is 25.3. The van der Waals surface area contributed by atoms with Crippen molar-refractivity contribution in [2.45, 2.75) is 6.92 Å². The van der Waals surface area contributed by atoms with Gasteiger partial charge in [-0.1, -0.05) is 30.3 Å². The van der Waals surface area contributed by atoms with Crippen molar-refractivity contribution in [1.29, 1.82) is 0 Å². The summed E-state index contributed by atoms with van der Waals surface area (Å²) in [6.45, 7) is 1.50. The van der Waals surface area contributed by atoms with Crippen molar-refractivity contribution in [1.82, 2.24) is 0 Å². The van der Waals surface area contributed by atoms with E-state index in [1.165, 1.54) is 11.8 Å². The Morgan fingerprint density at radius 1 is 0.947 bits per heavy atom. The lowest BCUT2D eigenvalue weighted by Crippen LogP contribution is -2.22. The SMILES string of the molecule is CC(=O)N(C)c1ccc2c(c1)C(=O)c1ccccc1-2. The highest BCUT2D eigenvalue weighted by molar-refractivity contribution is 6.22. The molecule has 2 aromatic carbocycles. The van der Waals surface area contributed by atoms with E-state index in [4.69, 9.17) is 0 Å². The van der Waals surface area contributed by atoms with Crippen molar-refractivity contribution >= 4 is 17.4 Å². The van der Waals surface area contributed by atoms with Gasteiger partial charge in [-0.3, -0.25) is 9.59 Å². The Hall–Kier alpha value is -2.42. The number of hydrogen-bond acceptors (Lipinski definition) is 2. The molecule has 0 radical (unpaired) electrons. The monoisotopic (exact) mass is 251 g/mol. The summed E-state index contributed by atoms with van der Waals surface area (Å²) in [6, 6.07) is 13.2. The molecule has 0 bridgehead atoms. The Morgan fingerprint density at radius 2 is 1.58 bits per heavy atom. The van der Waals surface area contributed by atoms with Crippen molar-refractivity contribution in [3.63, 3.8) is 0 Å². The quantitative estimate of drug-likeness (QED) is 0.667. The van der Waals surface area contributed by atoms with Crippen LogP contribution in [0.4, 0.5) is 5.69 Å². The molecule has 2 aromatic rings. The van der Waals surface area contributed by atoms with Gasteiger partial charge in [-0.2, -0.15) is 0 Å². The van der Waals surface area contributed by atoms with Crippen LogP contribution < -0.4 is 4.90 Å². The van der Waals surface area contributed by atoms with Gasteiger partial charge < -0.3 is 4.90 Å². The van der Waals surface area contributed by atoms with E-state index in [0.717, 1.165) is 22.4 Å². The van der Waals surface area contributed by atoms with Crippen molar-refractivity contribution in [3.05, 3.63) is 53.6 Å². The number of rotatable bonds is 1. The van der Waals surface area contributed by atoms with E-state index in [1.54, 1.807) is 13.1 Å². The second-order valence-electron chi connectivity index (χ2n) is 4.68. The third-order valence-corrected chi connectivity index (χ3v) is 3.57. The number of anilines is 1. The molecular formula is C16H13NO2. The minimum atomic E-state index is -0.0529. The van der Waals surface area contributed by atoms with Crippen LogP contribution in [0.1, 0.15) is 22.8 Å². The zero-order chi connectivity index (χ0) is 13.6. The number of benzene rings is 2. The third-order valence-electron chi connectivity index (χ3n) is 3.57. The Bertz CT molecular complexity index is 704. The molecule has 1 amide bonds. The van der Waals surface area contributed by atoms with Crippen molar-refractivity contribution in [2.24, 2.45) is 0 Å². The van der Waals surface area contributed by atoms with Gasteiger partial charge in [-0.25, -0.2) is 0 Å². The maximum atomic E-state index is 12.3. The number of carbonyl (C=O) groups excluding carboxylic acids is 2. The van der Waals surface area contributed by atoms with Gasteiger partial charge in [0.15, 0.2) is 5.78 Å². The lowest BCUT2D eigenvalue weighted by molar-refractivity contribution is -0.116. The van der Waals surface area contributed by atoms with Gasteiger partial charge in [-0.05, 0) is 23.3 Å². The van der Waals surface area contributed by atoms with Crippen molar-refractivity contribution in [2.75, 3.05) is 11.9 Å². The fraction of sp³-hybridized carbons (Fsp3) is 0.125. The molecule has 0 spiro atoms. The van der Waals surface area contributed by atoms with E-state index in [9.17, 15) is 9.59 Å². The van der Waals surface area contributed by atoms with Crippen LogP contribution >= 0.6 is 0 Å². The molecule has 0 atom stereocenters. The first-order valence-electron chi connectivity index (χ1n) is 6.12. The molecule has 0 saturated heterocycles. The molecule has 0 unspecified atom stereocenters.